The van der Waals surface area contributed by atoms with Gasteiger partial charge in [-0.3, -0.25) is 0 Å². The van der Waals surface area contributed by atoms with Crippen LogP contribution in [0.2, 0.25) is 0 Å². The largest absolute Gasteiger partial charge is 0.312 e. The molecule has 0 saturated heterocycles. The molecule has 0 aromatic heterocycles. The SMILES string of the molecule is CNC(CSc1ccccc1C)c1cccc(Br)c1F. The quantitative estimate of drug-likeness (QED) is 0.763. The summed E-state index contributed by atoms with van der Waals surface area (Å²) in [6, 6.07) is 13.7. The fourth-order valence-electron chi connectivity index (χ4n) is 2.01. The van der Waals surface area contributed by atoms with Crippen molar-refractivity contribution in [3.8, 4) is 0 Å². The summed E-state index contributed by atoms with van der Waals surface area (Å²) in [5.41, 5.74) is 1.95. The van der Waals surface area contributed by atoms with E-state index < -0.39 is 0 Å². The summed E-state index contributed by atoms with van der Waals surface area (Å²) in [5.74, 6) is 0.603. The summed E-state index contributed by atoms with van der Waals surface area (Å²) >= 11 is 4.99. The van der Waals surface area contributed by atoms with Crippen molar-refractivity contribution in [2.45, 2.75) is 17.9 Å². The van der Waals surface area contributed by atoms with Gasteiger partial charge in [-0.2, -0.15) is 0 Å². The molecule has 2 rings (SSSR count). The van der Waals surface area contributed by atoms with Crippen LogP contribution in [0.4, 0.5) is 4.39 Å². The molecule has 2 aromatic rings. The predicted molar refractivity (Wildman–Crippen MR) is 87.8 cm³/mol. The maximum atomic E-state index is 14.1. The lowest BCUT2D eigenvalue weighted by Crippen LogP contribution is -2.20. The average Bonchev–Trinajstić information content (AvgIpc) is 2.45. The number of thioether (sulfide) groups is 1. The first-order chi connectivity index (χ1) is 9.63. The van der Waals surface area contributed by atoms with Crippen LogP contribution in [-0.2, 0) is 0 Å². The number of rotatable bonds is 5. The van der Waals surface area contributed by atoms with Crippen LogP contribution in [0.3, 0.4) is 0 Å². The minimum atomic E-state index is -0.183. The molecule has 1 nitrogen and oxygen atoms in total. The monoisotopic (exact) mass is 353 g/mol. The van der Waals surface area contributed by atoms with Crippen LogP contribution >= 0.6 is 27.7 Å². The van der Waals surface area contributed by atoms with Crippen molar-refractivity contribution in [3.63, 3.8) is 0 Å². The minimum absolute atomic E-state index is 0.0166. The second-order valence-corrected chi connectivity index (χ2v) is 6.48. The van der Waals surface area contributed by atoms with Crippen molar-refractivity contribution in [1.29, 1.82) is 0 Å². The van der Waals surface area contributed by atoms with E-state index in [1.54, 1.807) is 17.8 Å². The van der Waals surface area contributed by atoms with Gasteiger partial charge >= 0.3 is 0 Å². The summed E-state index contributed by atoms with van der Waals surface area (Å²) in [6.45, 7) is 2.09. The Morgan fingerprint density at radius 3 is 2.65 bits per heavy atom. The van der Waals surface area contributed by atoms with Gasteiger partial charge in [-0.15, -0.1) is 11.8 Å². The summed E-state index contributed by atoms with van der Waals surface area (Å²) in [4.78, 5) is 1.24. The van der Waals surface area contributed by atoms with Crippen molar-refractivity contribution in [3.05, 3.63) is 63.9 Å². The molecular weight excluding hydrogens is 337 g/mol. The van der Waals surface area contributed by atoms with Gasteiger partial charge in [0.1, 0.15) is 5.82 Å². The van der Waals surface area contributed by atoms with E-state index in [1.807, 2.05) is 31.3 Å². The predicted octanol–water partition coefficient (Wildman–Crippen LogP) is 4.95. The van der Waals surface area contributed by atoms with Gasteiger partial charge in [0.25, 0.3) is 0 Å². The van der Waals surface area contributed by atoms with E-state index in [-0.39, 0.29) is 11.9 Å². The van der Waals surface area contributed by atoms with E-state index >= 15 is 0 Å². The van der Waals surface area contributed by atoms with Gasteiger partial charge in [0.2, 0.25) is 0 Å². The van der Waals surface area contributed by atoms with Crippen LogP contribution in [0.15, 0.2) is 51.8 Å². The van der Waals surface area contributed by atoms with E-state index in [1.165, 1.54) is 10.5 Å². The molecule has 0 aliphatic carbocycles. The van der Waals surface area contributed by atoms with Crippen molar-refractivity contribution in [2.24, 2.45) is 0 Å². The average molecular weight is 354 g/mol. The fourth-order valence-corrected chi connectivity index (χ4v) is 3.55. The molecule has 0 saturated carbocycles. The van der Waals surface area contributed by atoms with Crippen molar-refractivity contribution < 1.29 is 4.39 Å². The Morgan fingerprint density at radius 1 is 1.20 bits per heavy atom. The van der Waals surface area contributed by atoms with E-state index in [9.17, 15) is 4.39 Å². The molecule has 4 heteroatoms. The third-order valence-corrected chi connectivity index (χ3v) is 5.09. The lowest BCUT2D eigenvalue weighted by Gasteiger charge is -2.18. The lowest BCUT2D eigenvalue weighted by atomic mass is 10.1. The number of halogens is 2. The first-order valence-electron chi connectivity index (χ1n) is 6.43. The van der Waals surface area contributed by atoms with Gasteiger partial charge in [-0.05, 0) is 47.6 Å². The van der Waals surface area contributed by atoms with Crippen molar-refractivity contribution >= 4 is 27.7 Å². The molecule has 20 heavy (non-hydrogen) atoms. The number of hydrogen-bond donors (Lipinski definition) is 1. The van der Waals surface area contributed by atoms with Crippen molar-refractivity contribution in [1.82, 2.24) is 5.32 Å². The van der Waals surface area contributed by atoms with Crippen LogP contribution in [0.5, 0.6) is 0 Å². The molecule has 2 aromatic carbocycles. The highest BCUT2D eigenvalue weighted by molar-refractivity contribution is 9.10. The molecular formula is C16H17BrFNS. The van der Waals surface area contributed by atoms with Crippen LogP contribution in [-0.4, -0.2) is 12.8 Å². The smallest absolute Gasteiger partial charge is 0.142 e. The number of hydrogen-bond acceptors (Lipinski definition) is 2. The topological polar surface area (TPSA) is 12.0 Å². The maximum Gasteiger partial charge on any atom is 0.142 e. The molecule has 1 atom stereocenters. The third-order valence-electron chi connectivity index (χ3n) is 3.20. The van der Waals surface area contributed by atoms with Crippen LogP contribution < -0.4 is 5.32 Å². The standard InChI is InChI=1S/C16H17BrFNS/c1-11-6-3-4-9-15(11)20-10-14(19-2)12-7-5-8-13(17)16(12)18/h3-9,14,19H,10H2,1-2H3. The van der Waals surface area contributed by atoms with Gasteiger partial charge < -0.3 is 5.32 Å². The van der Waals surface area contributed by atoms with Crippen LogP contribution in [0.25, 0.3) is 0 Å². The Labute approximate surface area is 132 Å². The Balaban J connectivity index is 2.14. The van der Waals surface area contributed by atoms with Crippen LogP contribution in [0.1, 0.15) is 17.2 Å². The number of nitrogens with one attached hydrogen (secondary N) is 1. The fraction of sp³-hybridized carbons (Fsp3) is 0.250. The molecule has 1 unspecified atom stereocenters. The zero-order valence-corrected chi connectivity index (χ0v) is 13.9. The second kappa shape index (κ2) is 7.25. The first-order valence-corrected chi connectivity index (χ1v) is 8.21. The van der Waals surface area contributed by atoms with Crippen LogP contribution in [0, 0.1) is 12.7 Å². The number of benzene rings is 2. The highest BCUT2D eigenvalue weighted by Gasteiger charge is 2.16. The molecule has 0 aliphatic rings. The van der Waals surface area contributed by atoms with Gasteiger partial charge in [0.05, 0.1) is 4.47 Å². The Kier molecular flexibility index (Phi) is 5.64. The molecule has 0 spiro atoms. The molecule has 0 amide bonds. The molecule has 0 bridgehead atoms. The number of aryl methyl sites for hydroxylation is 1. The van der Waals surface area contributed by atoms with Gasteiger partial charge in [0, 0.05) is 22.3 Å². The minimum Gasteiger partial charge on any atom is -0.312 e. The Hall–Kier alpha value is -0.840. The highest BCUT2D eigenvalue weighted by Crippen LogP contribution is 2.30. The summed E-state index contributed by atoms with van der Waals surface area (Å²) < 4.78 is 14.7. The molecule has 106 valence electrons. The highest BCUT2D eigenvalue weighted by atomic mass is 79.9. The Bertz CT molecular complexity index is 588. The molecule has 0 heterocycles. The van der Waals surface area contributed by atoms with E-state index in [2.05, 4.69) is 40.3 Å². The molecule has 0 radical (unpaired) electrons. The molecule has 0 aliphatic heterocycles. The molecule has 0 fully saturated rings. The zero-order chi connectivity index (χ0) is 14.5. The second-order valence-electron chi connectivity index (χ2n) is 4.56. The maximum absolute atomic E-state index is 14.1. The van der Waals surface area contributed by atoms with E-state index in [0.717, 1.165) is 5.75 Å². The van der Waals surface area contributed by atoms with Gasteiger partial charge in [-0.1, -0.05) is 30.3 Å². The van der Waals surface area contributed by atoms with E-state index in [0.29, 0.717) is 10.0 Å². The van der Waals surface area contributed by atoms with Crippen molar-refractivity contribution in [2.75, 3.05) is 12.8 Å². The van der Waals surface area contributed by atoms with E-state index in [4.69, 9.17) is 0 Å². The molecule has 1 N–H and O–H groups in total. The summed E-state index contributed by atoms with van der Waals surface area (Å²) in [6.07, 6.45) is 0. The normalized spacial score (nSPS) is 12.4. The zero-order valence-electron chi connectivity index (χ0n) is 11.5. The Morgan fingerprint density at radius 2 is 1.95 bits per heavy atom. The van der Waals surface area contributed by atoms with Gasteiger partial charge in [-0.25, -0.2) is 4.39 Å². The van der Waals surface area contributed by atoms with Gasteiger partial charge in [0.15, 0.2) is 0 Å². The summed E-state index contributed by atoms with van der Waals surface area (Å²) in [7, 11) is 1.86. The third kappa shape index (κ3) is 3.62. The summed E-state index contributed by atoms with van der Waals surface area (Å²) in [5, 5.41) is 3.19. The lowest BCUT2D eigenvalue weighted by molar-refractivity contribution is 0.561. The first kappa shape index (κ1) is 15.5.